The van der Waals surface area contributed by atoms with Gasteiger partial charge in [0, 0.05) is 37.5 Å². The molecule has 1 aromatic carbocycles. The summed E-state index contributed by atoms with van der Waals surface area (Å²) in [6.07, 6.45) is 1.52. The fourth-order valence-corrected chi connectivity index (χ4v) is 2.60. The predicted molar refractivity (Wildman–Crippen MR) is 77.8 cm³/mol. The first-order valence-corrected chi connectivity index (χ1v) is 7.01. The molecule has 1 aliphatic rings. The summed E-state index contributed by atoms with van der Waals surface area (Å²) in [5, 5.41) is 23.8. The molecule has 1 unspecified atom stereocenters. The van der Waals surface area contributed by atoms with Gasteiger partial charge in [-0.1, -0.05) is 0 Å². The van der Waals surface area contributed by atoms with E-state index in [9.17, 15) is 15.2 Å². The summed E-state index contributed by atoms with van der Waals surface area (Å²) in [6, 6.07) is 4.91. The van der Waals surface area contributed by atoms with Crippen molar-refractivity contribution in [3.8, 4) is 0 Å². The van der Waals surface area contributed by atoms with Crippen LogP contribution in [-0.4, -0.2) is 40.7 Å². The SMILES string of the molecule is CCNc1ccc([N+](=O)[O-])cc1CN1CCCC(O)C1. The number of hydrogen-bond donors (Lipinski definition) is 2. The number of non-ortho nitro benzene ring substituents is 1. The average molecular weight is 279 g/mol. The van der Waals surface area contributed by atoms with Crippen molar-refractivity contribution in [1.29, 1.82) is 0 Å². The topological polar surface area (TPSA) is 78.6 Å². The van der Waals surface area contributed by atoms with Crippen LogP contribution in [0.15, 0.2) is 18.2 Å². The van der Waals surface area contributed by atoms with Crippen molar-refractivity contribution in [1.82, 2.24) is 4.90 Å². The van der Waals surface area contributed by atoms with Crippen LogP contribution in [0.4, 0.5) is 11.4 Å². The zero-order chi connectivity index (χ0) is 14.5. The number of nitro benzene ring substituents is 1. The van der Waals surface area contributed by atoms with Crippen LogP contribution < -0.4 is 5.32 Å². The van der Waals surface area contributed by atoms with Crippen LogP contribution >= 0.6 is 0 Å². The highest BCUT2D eigenvalue weighted by atomic mass is 16.6. The molecule has 0 aromatic heterocycles. The van der Waals surface area contributed by atoms with Crippen molar-refractivity contribution in [2.24, 2.45) is 0 Å². The van der Waals surface area contributed by atoms with E-state index in [0.717, 1.165) is 37.2 Å². The van der Waals surface area contributed by atoms with Crippen molar-refractivity contribution in [2.75, 3.05) is 25.0 Å². The molecule has 1 heterocycles. The van der Waals surface area contributed by atoms with Gasteiger partial charge in [-0.05, 0) is 37.9 Å². The fourth-order valence-electron chi connectivity index (χ4n) is 2.60. The minimum Gasteiger partial charge on any atom is -0.392 e. The highest BCUT2D eigenvalue weighted by Crippen LogP contribution is 2.24. The van der Waals surface area contributed by atoms with Crippen molar-refractivity contribution in [3.63, 3.8) is 0 Å². The van der Waals surface area contributed by atoms with Crippen LogP contribution in [0, 0.1) is 10.1 Å². The lowest BCUT2D eigenvalue weighted by molar-refractivity contribution is -0.384. The summed E-state index contributed by atoms with van der Waals surface area (Å²) in [5.41, 5.74) is 1.95. The highest BCUT2D eigenvalue weighted by Gasteiger charge is 2.19. The molecule has 0 amide bonds. The highest BCUT2D eigenvalue weighted by molar-refractivity contribution is 5.56. The van der Waals surface area contributed by atoms with E-state index in [1.165, 1.54) is 6.07 Å². The van der Waals surface area contributed by atoms with Crippen molar-refractivity contribution in [3.05, 3.63) is 33.9 Å². The fraction of sp³-hybridized carbons (Fsp3) is 0.571. The smallest absolute Gasteiger partial charge is 0.269 e. The molecule has 0 aliphatic carbocycles. The molecule has 2 N–H and O–H groups in total. The molecule has 110 valence electrons. The van der Waals surface area contributed by atoms with Gasteiger partial charge in [0.25, 0.3) is 5.69 Å². The van der Waals surface area contributed by atoms with Gasteiger partial charge in [0.15, 0.2) is 0 Å². The zero-order valence-electron chi connectivity index (χ0n) is 11.7. The Morgan fingerprint density at radius 2 is 2.35 bits per heavy atom. The number of likely N-dealkylation sites (tertiary alicyclic amines) is 1. The number of nitrogens with one attached hydrogen (secondary N) is 1. The van der Waals surface area contributed by atoms with Crippen LogP contribution in [0.2, 0.25) is 0 Å². The van der Waals surface area contributed by atoms with Crippen molar-refractivity contribution >= 4 is 11.4 Å². The number of nitro groups is 1. The van der Waals surface area contributed by atoms with Crippen molar-refractivity contribution < 1.29 is 10.0 Å². The van der Waals surface area contributed by atoms with Crippen LogP contribution in [0.5, 0.6) is 0 Å². The quantitative estimate of drug-likeness (QED) is 0.636. The minimum atomic E-state index is -0.371. The van der Waals surface area contributed by atoms with Gasteiger partial charge in [-0.3, -0.25) is 15.0 Å². The lowest BCUT2D eigenvalue weighted by Crippen LogP contribution is -2.37. The van der Waals surface area contributed by atoms with E-state index < -0.39 is 0 Å². The van der Waals surface area contributed by atoms with Crippen molar-refractivity contribution in [2.45, 2.75) is 32.4 Å². The molecule has 2 rings (SSSR count). The van der Waals surface area contributed by atoms with Gasteiger partial charge < -0.3 is 10.4 Å². The van der Waals surface area contributed by atoms with Crippen LogP contribution in [0.1, 0.15) is 25.3 Å². The number of anilines is 1. The molecule has 20 heavy (non-hydrogen) atoms. The summed E-state index contributed by atoms with van der Waals surface area (Å²) in [6.45, 7) is 4.95. The van der Waals surface area contributed by atoms with E-state index in [1.807, 2.05) is 6.92 Å². The standard InChI is InChI=1S/C14H21N3O3/c1-2-15-14-6-5-12(17(19)20)8-11(14)9-16-7-3-4-13(18)10-16/h5-6,8,13,15,18H,2-4,7,9-10H2,1H3. The molecule has 6 nitrogen and oxygen atoms in total. The first kappa shape index (κ1) is 14.7. The monoisotopic (exact) mass is 279 g/mol. The Morgan fingerprint density at radius 1 is 1.55 bits per heavy atom. The number of hydrogen-bond acceptors (Lipinski definition) is 5. The Morgan fingerprint density at radius 3 is 3.00 bits per heavy atom. The normalized spacial score (nSPS) is 19.8. The van der Waals surface area contributed by atoms with Crippen LogP contribution in [-0.2, 0) is 6.54 Å². The van der Waals surface area contributed by atoms with Gasteiger partial charge in [-0.25, -0.2) is 0 Å². The number of nitrogens with zero attached hydrogens (tertiary/aromatic N) is 2. The Hall–Kier alpha value is -1.66. The Labute approximate surface area is 118 Å². The first-order chi connectivity index (χ1) is 9.60. The Kier molecular flexibility index (Phi) is 4.92. The molecule has 1 saturated heterocycles. The molecular weight excluding hydrogens is 258 g/mol. The average Bonchev–Trinajstić information content (AvgIpc) is 2.41. The number of piperidine rings is 1. The lowest BCUT2D eigenvalue weighted by Gasteiger charge is -2.30. The zero-order valence-corrected chi connectivity index (χ0v) is 11.7. The molecule has 0 saturated carbocycles. The number of aliphatic hydroxyl groups is 1. The molecule has 0 radical (unpaired) electrons. The third kappa shape index (κ3) is 3.68. The molecule has 1 fully saturated rings. The summed E-state index contributed by atoms with van der Waals surface area (Å²) in [5.74, 6) is 0. The maximum absolute atomic E-state index is 10.9. The van der Waals surface area contributed by atoms with E-state index in [1.54, 1.807) is 12.1 Å². The third-order valence-corrected chi connectivity index (χ3v) is 3.54. The predicted octanol–water partition coefficient (Wildman–Crippen LogP) is 1.98. The second-order valence-corrected chi connectivity index (χ2v) is 5.16. The Bertz CT molecular complexity index is 479. The maximum Gasteiger partial charge on any atom is 0.269 e. The lowest BCUT2D eigenvalue weighted by atomic mass is 10.1. The van der Waals surface area contributed by atoms with E-state index in [0.29, 0.717) is 13.1 Å². The van der Waals surface area contributed by atoms with E-state index in [4.69, 9.17) is 0 Å². The molecule has 6 heteroatoms. The minimum absolute atomic E-state index is 0.110. The second kappa shape index (κ2) is 6.67. The first-order valence-electron chi connectivity index (χ1n) is 7.01. The van der Waals surface area contributed by atoms with Gasteiger partial charge >= 0.3 is 0 Å². The van der Waals surface area contributed by atoms with Gasteiger partial charge in [0.05, 0.1) is 11.0 Å². The summed E-state index contributed by atoms with van der Waals surface area (Å²) in [7, 11) is 0. The van der Waals surface area contributed by atoms with E-state index in [2.05, 4.69) is 10.2 Å². The van der Waals surface area contributed by atoms with Gasteiger partial charge in [0.2, 0.25) is 0 Å². The number of benzene rings is 1. The molecule has 0 spiro atoms. The van der Waals surface area contributed by atoms with Gasteiger partial charge in [-0.2, -0.15) is 0 Å². The van der Waals surface area contributed by atoms with Crippen LogP contribution in [0.3, 0.4) is 0 Å². The number of aliphatic hydroxyl groups excluding tert-OH is 1. The van der Waals surface area contributed by atoms with E-state index in [-0.39, 0.29) is 16.7 Å². The molecule has 0 bridgehead atoms. The Balaban J connectivity index is 2.18. The van der Waals surface area contributed by atoms with E-state index >= 15 is 0 Å². The van der Waals surface area contributed by atoms with Crippen LogP contribution in [0.25, 0.3) is 0 Å². The number of β-amino-alcohol motifs (C(OH)–C–C–N with tert-alkyl or cyclic N) is 1. The number of rotatable bonds is 5. The third-order valence-electron chi connectivity index (χ3n) is 3.54. The second-order valence-electron chi connectivity index (χ2n) is 5.16. The van der Waals surface area contributed by atoms with Gasteiger partial charge in [0.1, 0.15) is 0 Å². The molecule has 1 atom stereocenters. The molecule has 1 aliphatic heterocycles. The largest absolute Gasteiger partial charge is 0.392 e. The summed E-state index contributed by atoms with van der Waals surface area (Å²) < 4.78 is 0. The summed E-state index contributed by atoms with van der Waals surface area (Å²) >= 11 is 0. The maximum atomic E-state index is 10.9. The summed E-state index contributed by atoms with van der Waals surface area (Å²) in [4.78, 5) is 12.7. The molecular formula is C14H21N3O3. The van der Waals surface area contributed by atoms with Gasteiger partial charge in [-0.15, -0.1) is 0 Å². The molecule has 1 aromatic rings.